The molecule has 0 aliphatic rings. The van der Waals surface area contributed by atoms with Crippen LogP contribution in [-0.4, -0.2) is 0 Å². The molecule has 0 heterocycles. The van der Waals surface area contributed by atoms with Gasteiger partial charge in [-0.15, -0.1) is 0 Å². The molecule has 0 atom stereocenters. The van der Waals surface area contributed by atoms with Crippen molar-refractivity contribution in [2.24, 2.45) is 0 Å². The van der Waals surface area contributed by atoms with Crippen molar-refractivity contribution in [3.05, 3.63) is 119 Å². The molecule has 0 radical (unpaired) electrons. The van der Waals surface area contributed by atoms with Crippen LogP contribution in [0.25, 0.3) is 22.3 Å². The second kappa shape index (κ2) is 12.7. The molecule has 4 aromatic rings. The van der Waals surface area contributed by atoms with Gasteiger partial charge in [0.15, 0.2) is 0 Å². The van der Waals surface area contributed by atoms with Crippen LogP contribution in [0.5, 0.6) is 0 Å². The predicted molar refractivity (Wildman–Crippen MR) is 160 cm³/mol. The fourth-order valence-electron chi connectivity index (χ4n) is 4.83. The van der Waals surface area contributed by atoms with E-state index in [0.29, 0.717) is 23.7 Å². The van der Waals surface area contributed by atoms with E-state index in [1.165, 1.54) is 44.5 Å². The molecule has 0 spiro atoms. The second-order valence-corrected chi connectivity index (χ2v) is 11.0. The summed E-state index contributed by atoms with van der Waals surface area (Å²) in [5.41, 5.74) is 11.0. The van der Waals surface area contributed by atoms with E-state index in [1.54, 1.807) is 0 Å². The third-order valence-corrected chi connectivity index (χ3v) is 6.90. The van der Waals surface area contributed by atoms with Gasteiger partial charge in [-0.1, -0.05) is 152 Å². The molecule has 0 nitrogen and oxygen atoms in total. The van der Waals surface area contributed by atoms with Crippen molar-refractivity contribution >= 4 is 0 Å². The van der Waals surface area contributed by atoms with Crippen molar-refractivity contribution in [1.82, 2.24) is 0 Å². The second-order valence-electron chi connectivity index (χ2n) is 11.0. The predicted octanol–water partition coefficient (Wildman–Crippen LogP) is 11.2. The molecule has 0 aromatic heterocycles. The normalized spacial score (nSPS) is 11.2. The zero-order valence-electron chi connectivity index (χ0n) is 23.5. The van der Waals surface area contributed by atoms with Gasteiger partial charge in [-0.05, 0) is 68.2 Å². The monoisotopic (exact) mass is 476 g/mol. The van der Waals surface area contributed by atoms with Crippen LogP contribution < -0.4 is 0 Å². The van der Waals surface area contributed by atoms with E-state index in [-0.39, 0.29) is 0 Å². The van der Waals surface area contributed by atoms with Crippen LogP contribution in [0, 0.1) is 0 Å². The Morgan fingerprint density at radius 2 is 0.639 bits per heavy atom. The lowest BCUT2D eigenvalue weighted by atomic mass is 9.88. The summed E-state index contributed by atoms with van der Waals surface area (Å²) >= 11 is 0. The summed E-state index contributed by atoms with van der Waals surface area (Å²) in [6.45, 7) is 18.1. The van der Waals surface area contributed by atoms with Crippen LogP contribution in [0.4, 0.5) is 0 Å². The van der Waals surface area contributed by atoms with Crippen molar-refractivity contribution in [3.63, 3.8) is 0 Å². The molecule has 4 aromatic carbocycles. The fourth-order valence-corrected chi connectivity index (χ4v) is 4.83. The van der Waals surface area contributed by atoms with Gasteiger partial charge < -0.3 is 0 Å². The van der Waals surface area contributed by atoms with Gasteiger partial charge >= 0.3 is 0 Å². The van der Waals surface area contributed by atoms with E-state index in [0.717, 1.165) is 0 Å². The van der Waals surface area contributed by atoms with Gasteiger partial charge in [0, 0.05) is 0 Å². The summed E-state index contributed by atoms with van der Waals surface area (Å²) < 4.78 is 0. The average molecular weight is 477 g/mol. The largest absolute Gasteiger partial charge is 0.0622 e. The molecule has 0 N–H and O–H groups in total. The number of rotatable bonds is 6. The third kappa shape index (κ3) is 6.97. The molecule has 36 heavy (non-hydrogen) atoms. The molecule has 0 saturated heterocycles. The van der Waals surface area contributed by atoms with Crippen molar-refractivity contribution in [2.45, 2.75) is 79.1 Å². The minimum atomic E-state index is 0.547. The van der Waals surface area contributed by atoms with Crippen molar-refractivity contribution in [2.75, 3.05) is 0 Å². The zero-order chi connectivity index (χ0) is 26.2. The van der Waals surface area contributed by atoms with Crippen molar-refractivity contribution in [1.29, 1.82) is 0 Å². The van der Waals surface area contributed by atoms with Gasteiger partial charge in [-0.25, -0.2) is 0 Å². The highest BCUT2D eigenvalue weighted by atomic mass is 14.2. The summed E-state index contributed by atoms with van der Waals surface area (Å²) in [6, 6.07) is 35.1. The Hall–Kier alpha value is -3.12. The van der Waals surface area contributed by atoms with Gasteiger partial charge in [-0.2, -0.15) is 0 Å². The molecule has 0 bridgehead atoms. The molecular weight excluding hydrogens is 432 g/mol. The molecular formula is C36H44. The lowest BCUT2D eigenvalue weighted by Crippen LogP contribution is -1.99. The Kier molecular flexibility index (Phi) is 9.71. The van der Waals surface area contributed by atoms with Crippen LogP contribution >= 0.6 is 0 Å². The SMILES string of the molecule is CC(C)c1ccc(-c2ccc(-c3ccccc3)cc2)cc1C(C)C.CC(C)c1ccccc1C(C)C. The van der Waals surface area contributed by atoms with E-state index in [1.807, 2.05) is 0 Å². The minimum Gasteiger partial charge on any atom is -0.0622 e. The van der Waals surface area contributed by atoms with E-state index < -0.39 is 0 Å². The Labute approximate surface area is 220 Å². The molecule has 0 amide bonds. The summed E-state index contributed by atoms with van der Waals surface area (Å²) in [5.74, 6) is 2.40. The standard InChI is InChI=1S/C24H26.C12H18/c1-17(2)23-15-14-22(16-24(23)18(3)4)21-12-10-20(11-13-21)19-8-6-5-7-9-19;1-9(2)11-7-5-6-8-12(11)10(3)4/h5-18H,1-4H3;5-10H,1-4H3. The van der Waals surface area contributed by atoms with Crippen LogP contribution in [-0.2, 0) is 0 Å². The quantitative estimate of drug-likeness (QED) is 0.259. The van der Waals surface area contributed by atoms with Crippen LogP contribution in [0.3, 0.4) is 0 Å². The van der Waals surface area contributed by atoms with Gasteiger partial charge in [0.1, 0.15) is 0 Å². The maximum absolute atomic E-state index is 2.37. The van der Waals surface area contributed by atoms with Gasteiger partial charge in [0.25, 0.3) is 0 Å². The molecule has 0 aliphatic heterocycles. The molecule has 0 heteroatoms. The summed E-state index contributed by atoms with van der Waals surface area (Å²) in [7, 11) is 0. The summed E-state index contributed by atoms with van der Waals surface area (Å²) in [4.78, 5) is 0. The molecule has 0 aliphatic carbocycles. The fraction of sp³-hybridized carbons (Fsp3) is 0.333. The molecule has 4 rings (SSSR count). The van der Waals surface area contributed by atoms with Crippen LogP contribution in [0.2, 0.25) is 0 Å². The highest BCUT2D eigenvalue weighted by molar-refractivity contribution is 5.71. The zero-order valence-corrected chi connectivity index (χ0v) is 23.5. The maximum Gasteiger partial charge on any atom is -0.0181 e. The first-order valence-electron chi connectivity index (χ1n) is 13.6. The first-order chi connectivity index (χ1) is 17.2. The van der Waals surface area contributed by atoms with E-state index in [9.17, 15) is 0 Å². The Morgan fingerprint density at radius 3 is 1.08 bits per heavy atom. The number of hydrogen-bond donors (Lipinski definition) is 0. The first kappa shape index (κ1) is 27.5. The first-order valence-corrected chi connectivity index (χ1v) is 13.6. The topological polar surface area (TPSA) is 0 Å². The summed E-state index contributed by atoms with van der Waals surface area (Å²) in [6.07, 6.45) is 0. The Bertz CT molecular complexity index is 1180. The Morgan fingerprint density at radius 1 is 0.306 bits per heavy atom. The van der Waals surface area contributed by atoms with E-state index >= 15 is 0 Å². The molecule has 0 unspecified atom stereocenters. The van der Waals surface area contributed by atoms with Crippen LogP contribution in [0.15, 0.2) is 97.1 Å². The smallest absolute Gasteiger partial charge is 0.0181 e. The van der Waals surface area contributed by atoms with Gasteiger partial charge in [-0.3, -0.25) is 0 Å². The van der Waals surface area contributed by atoms with Crippen molar-refractivity contribution in [3.8, 4) is 22.3 Å². The number of hydrogen-bond acceptors (Lipinski definition) is 0. The molecule has 188 valence electrons. The van der Waals surface area contributed by atoms with Gasteiger partial charge in [0.2, 0.25) is 0 Å². The molecule has 0 fully saturated rings. The Balaban J connectivity index is 0.000000253. The van der Waals surface area contributed by atoms with Crippen LogP contribution in [0.1, 0.15) is 101 Å². The minimum absolute atomic E-state index is 0.547. The highest BCUT2D eigenvalue weighted by Gasteiger charge is 2.12. The third-order valence-electron chi connectivity index (χ3n) is 6.90. The lowest BCUT2D eigenvalue weighted by molar-refractivity contribution is 0.790. The highest BCUT2D eigenvalue weighted by Crippen LogP contribution is 2.32. The average Bonchev–Trinajstić information content (AvgIpc) is 2.89. The lowest BCUT2D eigenvalue weighted by Gasteiger charge is -2.17. The molecule has 0 saturated carbocycles. The van der Waals surface area contributed by atoms with Crippen molar-refractivity contribution < 1.29 is 0 Å². The number of benzene rings is 4. The van der Waals surface area contributed by atoms with Gasteiger partial charge in [0.05, 0.1) is 0 Å². The van der Waals surface area contributed by atoms with E-state index in [2.05, 4.69) is 152 Å². The van der Waals surface area contributed by atoms with E-state index in [4.69, 9.17) is 0 Å². The summed E-state index contributed by atoms with van der Waals surface area (Å²) in [5, 5.41) is 0. The maximum atomic E-state index is 2.37.